The summed E-state index contributed by atoms with van der Waals surface area (Å²) in [5.74, 6) is 0.166. The van der Waals surface area contributed by atoms with Gasteiger partial charge in [0.2, 0.25) is 5.91 Å². The Balaban J connectivity index is 1.99. The molecule has 1 fully saturated rings. The molecule has 0 unspecified atom stereocenters. The Labute approximate surface area is 141 Å². The van der Waals surface area contributed by atoms with Crippen LogP contribution in [0.3, 0.4) is 0 Å². The first-order chi connectivity index (χ1) is 10.5. The third-order valence-electron chi connectivity index (χ3n) is 3.94. The van der Waals surface area contributed by atoms with Gasteiger partial charge in [-0.2, -0.15) is 0 Å². The largest absolute Gasteiger partial charge is 0.371 e. The van der Waals surface area contributed by atoms with Gasteiger partial charge in [0.25, 0.3) is 0 Å². The van der Waals surface area contributed by atoms with Crippen LogP contribution in [-0.4, -0.2) is 55.0 Å². The molecule has 0 aromatic heterocycles. The summed E-state index contributed by atoms with van der Waals surface area (Å²) in [6.45, 7) is 7.99. The molecule has 4 nitrogen and oxygen atoms in total. The first-order valence-corrected chi connectivity index (χ1v) is 8.37. The molecule has 0 N–H and O–H groups in total. The topological polar surface area (TPSA) is 32.8 Å². The van der Waals surface area contributed by atoms with E-state index in [0.29, 0.717) is 29.7 Å². The Bertz CT molecular complexity index is 521. The van der Waals surface area contributed by atoms with Crippen LogP contribution in [0.5, 0.6) is 0 Å². The van der Waals surface area contributed by atoms with Crippen LogP contribution in [0.4, 0.5) is 0 Å². The third kappa shape index (κ3) is 4.35. The maximum Gasteiger partial charge on any atom is 0.236 e. The Morgan fingerprint density at radius 3 is 2.68 bits per heavy atom. The van der Waals surface area contributed by atoms with Gasteiger partial charge in [0, 0.05) is 26.2 Å². The van der Waals surface area contributed by atoms with Gasteiger partial charge in [-0.05, 0) is 31.5 Å². The van der Waals surface area contributed by atoms with E-state index in [2.05, 4.69) is 4.90 Å². The van der Waals surface area contributed by atoms with Crippen molar-refractivity contribution in [3.63, 3.8) is 0 Å². The Kier molecular flexibility index (Phi) is 6.50. The average molecular weight is 345 g/mol. The number of carbonyl (C=O) groups excluding carboxylic acids is 1. The van der Waals surface area contributed by atoms with E-state index in [1.165, 1.54) is 0 Å². The normalized spacial score (nSPS) is 19.2. The zero-order valence-corrected chi connectivity index (χ0v) is 14.5. The Morgan fingerprint density at radius 2 is 2.05 bits per heavy atom. The van der Waals surface area contributed by atoms with Crippen LogP contribution in [-0.2, 0) is 9.53 Å². The van der Waals surface area contributed by atoms with E-state index in [1.807, 2.05) is 30.9 Å². The fourth-order valence-electron chi connectivity index (χ4n) is 2.63. The molecule has 0 radical (unpaired) electrons. The first kappa shape index (κ1) is 17.5. The molecule has 0 aliphatic carbocycles. The van der Waals surface area contributed by atoms with Crippen molar-refractivity contribution in [1.82, 2.24) is 9.80 Å². The molecule has 22 heavy (non-hydrogen) atoms. The molecule has 1 aromatic carbocycles. The number of hydrogen-bond acceptors (Lipinski definition) is 3. The molecule has 0 bridgehead atoms. The van der Waals surface area contributed by atoms with Gasteiger partial charge in [0.1, 0.15) is 0 Å². The van der Waals surface area contributed by atoms with Gasteiger partial charge in [0.05, 0.1) is 29.3 Å². The summed E-state index contributed by atoms with van der Waals surface area (Å²) in [5, 5.41) is 1.06. The quantitative estimate of drug-likeness (QED) is 0.821. The van der Waals surface area contributed by atoms with Gasteiger partial charge >= 0.3 is 0 Å². The standard InChI is InChI=1S/C16H22Cl2N2O2/c1-3-20(4-2)16(21)11-19-7-8-22-15(10-19)12-5-6-13(17)14(18)9-12/h5-6,9,15H,3-4,7-8,10-11H2,1-2H3/t15-/m1/s1. The summed E-state index contributed by atoms with van der Waals surface area (Å²) >= 11 is 12.0. The van der Waals surface area contributed by atoms with Crippen LogP contribution in [0.15, 0.2) is 18.2 Å². The fourth-order valence-corrected chi connectivity index (χ4v) is 2.93. The molecule has 1 aromatic rings. The van der Waals surface area contributed by atoms with Crippen LogP contribution >= 0.6 is 23.2 Å². The lowest BCUT2D eigenvalue weighted by Crippen LogP contribution is -2.45. The predicted octanol–water partition coefficient (Wildman–Crippen LogP) is 3.24. The maximum atomic E-state index is 12.2. The average Bonchev–Trinajstić information content (AvgIpc) is 2.51. The van der Waals surface area contributed by atoms with Gasteiger partial charge in [-0.15, -0.1) is 0 Å². The highest BCUT2D eigenvalue weighted by molar-refractivity contribution is 6.42. The maximum absolute atomic E-state index is 12.2. The Hall–Kier alpha value is -0.810. The molecule has 1 saturated heterocycles. The highest BCUT2D eigenvalue weighted by atomic mass is 35.5. The van der Waals surface area contributed by atoms with E-state index in [4.69, 9.17) is 27.9 Å². The molecule has 0 spiro atoms. The van der Waals surface area contributed by atoms with Crippen molar-refractivity contribution in [1.29, 1.82) is 0 Å². The second-order valence-corrected chi connectivity index (χ2v) is 6.15. The van der Waals surface area contributed by atoms with Crippen molar-refractivity contribution in [3.05, 3.63) is 33.8 Å². The highest BCUT2D eigenvalue weighted by Crippen LogP contribution is 2.29. The smallest absolute Gasteiger partial charge is 0.236 e. The number of amides is 1. The summed E-state index contributed by atoms with van der Waals surface area (Å²) in [5.41, 5.74) is 0.995. The number of rotatable bonds is 5. The molecule has 1 atom stereocenters. The zero-order valence-electron chi connectivity index (χ0n) is 13.0. The molecular formula is C16H22Cl2N2O2. The molecular weight excluding hydrogens is 323 g/mol. The lowest BCUT2D eigenvalue weighted by atomic mass is 10.1. The monoisotopic (exact) mass is 344 g/mol. The Morgan fingerprint density at radius 1 is 1.32 bits per heavy atom. The van der Waals surface area contributed by atoms with Crippen LogP contribution in [0, 0.1) is 0 Å². The summed E-state index contributed by atoms with van der Waals surface area (Å²) in [7, 11) is 0. The number of halogens is 2. The number of carbonyl (C=O) groups is 1. The lowest BCUT2D eigenvalue weighted by Gasteiger charge is -2.34. The van der Waals surface area contributed by atoms with Gasteiger partial charge in [-0.3, -0.25) is 9.69 Å². The number of morpholine rings is 1. The molecule has 1 aliphatic heterocycles. The molecule has 2 rings (SSSR count). The van der Waals surface area contributed by atoms with Crippen LogP contribution in [0.2, 0.25) is 10.0 Å². The summed E-state index contributed by atoms with van der Waals surface area (Å²) in [6.07, 6.45) is -0.0759. The third-order valence-corrected chi connectivity index (χ3v) is 4.68. The van der Waals surface area contributed by atoms with Crippen molar-refractivity contribution in [2.45, 2.75) is 20.0 Å². The fraction of sp³-hybridized carbons (Fsp3) is 0.562. The van der Waals surface area contributed by atoms with Crippen molar-refractivity contribution in [3.8, 4) is 0 Å². The number of nitrogens with zero attached hydrogens (tertiary/aromatic N) is 2. The molecule has 122 valence electrons. The second kappa shape index (κ2) is 8.16. The highest BCUT2D eigenvalue weighted by Gasteiger charge is 2.25. The minimum absolute atomic E-state index is 0.0759. The van der Waals surface area contributed by atoms with Crippen molar-refractivity contribution < 1.29 is 9.53 Å². The van der Waals surface area contributed by atoms with Crippen molar-refractivity contribution in [2.75, 3.05) is 39.3 Å². The summed E-state index contributed by atoms with van der Waals surface area (Å²) in [4.78, 5) is 16.2. The van der Waals surface area contributed by atoms with Gasteiger partial charge in [0.15, 0.2) is 0 Å². The zero-order chi connectivity index (χ0) is 16.1. The van der Waals surface area contributed by atoms with Gasteiger partial charge < -0.3 is 9.64 Å². The molecule has 1 aliphatic rings. The van der Waals surface area contributed by atoms with E-state index < -0.39 is 0 Å². The predicted molar refractivity (Wildman–Crippen MR) is 89.5 cm³/mol. The van der Waals surface area contributed by atoms with Crippen molar-refractivity contribution >= 4 is 29.1 Å². The van der Waals surface area contributed by atoms with Crippen LogP contribution in [0.25, 0.3) is 0 Å². The second-order valence-electron chi connectivity index (χ2n) is 5.33. The number of benzene rings is 1. The van der Waals surface area contributed by atoms with E-state index in [1.54, 1.807) is 6.07 Å². The summed E-state index contributed by atoms with van der Waals surface area (Å²) < 4.78 is 5.82. The van der Waals surface area contributed by atoms with Crippen LogP contribution < -0.4 is 0 Å². The minimum atomic E-state index is -0.0759. The van der Waals surface area contributed by atoms with Gasteiger partial charge in [-0.1, -0.05) is 29.3 Å². The van der Waals surface area contributed by atoms with Gasteiger partial charge in [-0.25, -0.2) is 0 Å². The number of hydrogen-bond donors (Lipinski definition) is 0. The van der Waals surface area contributed by atoms with E-state index in [0.717, 1.165) is 25.2 Å². The number of ether oxygens (including phenoxy) is 1. The van der Waals surface area contributed by atoms with E-state index >= 15 is 0 Å². The molecule has 1 amide bonds. The molecule has 6 heteroatoms. The summed E-state index contributed by atoms with van der Waals surface area (Å²) in [6, 6.07) is 5.54. The van der Waals surface area contributed by atoms with Crippen LogP contribution in [0.1, 0.15) is 25.5 Å². The minimum Gasteiger partial charge on any atom is -0.371 e. The van der Waals surface area contributed by atoms with E-state index in [9.17, 15) is 4.79 Å². The van der Waals surface area contributed by atoms with Crippen molar-refractivity contribution in [2.24, 2.45) is 0 Å². The van der Waals surface area contributed by atoms with E-state index in [-0.39, 0.29) is 12.0 Å². The first-order valence-electron chi connectivity index (χ1n) is 7.61. The lowest BCUT2D eigenvalue weighted by molar-refractivity contribution is -0.134. The number of likely N-dealkylation sites (N-methyl/N-ethyl adjacent to an activating group) is 1. The molecule has 1 heterocycles. The SMILES string of the molecule is CCN(CC)C(=O)CN1CCO[C@@H](c2ccc(Cl)c(Cl)c2)C1. The molecule has 0 saturated carbocycles.